The molecule has 0 aromatic heterocycles. The first kappa shape index (κ1) is 16.2. The Morgan fingerprint density at radius 3 is 2.68 bits per heavy atom. The van der Waals surface area contributed by atoms with Crippen molar-refractivity contribution >= 4 is 21.8 Å². The summed E-state index contributed by atoms with van der Waals surface area (Å²) in [5.74, 6) is 0.173. The van der Waals surface area contributed by atoms with Crippen LogP contribution in [0.3, 0.4) is 0 Å². The van der Waals surface area contributed by atoms with Gasteiger partial charge in [0.05, 0.1) is 6.10 Å². The number of rotatable bonds is 7. The number of amides is 1. The number of carbonyl (C=O) groups excluding carboxylic acids is 1. The fourth-order valence-electron chi connectivity index (χ4n) is 1.68. The molecule has 1 unspecified atom stereocenters. The van der Waals surface area contributed by atoms with E-state index in [1.54, 1.807) is 0 Å². The molecule has 1 atom stereocenters. The van der Waals surface area contributed by atoms with E-state index in [-0.39, 0.29) is 11.8 Å². The van der Waals surface area contributed by atoms with Crippen LogP contribution in [-0.4, -0.2) is 23.7 Å². The standard InChI is InChI=1S/C15H22BrNO2/c1-11(2)14(18)10-17-15(19)9-5-7-12-6-3-4-8-13(12)16/h3-4,6,8,11,14,18H,5,7,9-10H2,1-2H3,(H,17,19). The molecule has 1 aromatic carbocycles. The molecular formula is C15H22BrNO2. The van der Waals surface area contributed by atoms with Crippen molar-refractivity contribution in [1.82, 2.24) is 5.32 Å². The molecule has 2 N–H and O–H groups in total. The van der Waals surface area contributed by atoms with Crippen LogP contribution in [-0.2, 0) is 11.2 Å². The topological polar surface area (TPSA) is 49.3 Å². The first-order chi connectivity index (χ1) is 9.00. The molecule has 0 heterocycles. The van der Waals surface area contributed by atoms with Crippen molar-refractivity contribution in [2.45, 2.75) is 39.2 Å². The summed E-state index contributed by atoms with van der Waals surface area (Å²) in [6.45, 7) is 4.21. The van der Waals surface area contributed by atoms with Crippen molar-refractivity contribution in [3.8, 4) is 0 Å². The third-order valence-electron chi connectivity index (χ3n) is 3.09. The maximum Gasteiger partial charge on any atom is 0.220 e. The Labute approximate surface area is 123 Å². The number of benzene rings is 1. The Hall–Kier alpha value is -0.870. The van der Waals surface area contributed by atoms with Gasteiger partial charge in [-0.3, -0.25) is 4.79 Å². The molecule has 0 spiro atoms. The van der Waals surface area contributed by atoms with Gasteiger partial charge in [0, 0.05) is 17.4 Å². The Balaban J connectivity index is 2.23. The molecule has 1 amide bonds. The van der Waals surface area contributed by atoms with Crippen LogP contribution in [0.1, 0.15) is 32.3 Å². The molecular weight excluding hydrogens is 306 g/mol. The van der Waals surface area contributed by atoms with Crippen LogP contribution in [0.25, 0.3) is 0 Å². The molecule has 1 aromatic rings. The summed E-state index contributed by atoms with van der Waals surface area (Å²) in [7, 11) is 0. The minimum atomic E-state index is -0.466. The second kappa shape index (κ2) is 8.33. The van der Waals surface area contributed by atoms with Crippen molar-refractivity contribution in [2.24, 2.45) is 5.92 Å². The number of halogens is 1. The summed E-state index contributed by atoms with van der Waals surface area (Å²) in [6, 6.07) is 8.05. The monoisotopic (exact) mass is 327 g/mol. The normalized spacial score (nSPS) is 12.5. The number of nitrogens with one attached hydrogen (secondary N) is 1. The van der Waals surface area contributed by atoms with Crippen molar-refractivity contribution < 1.29 is 9.90 Å². The highest BCUT2D eigenvalue weighted by molar-refractivity contribution is 9.10. The van der Waals surface area contributed by atoms with Crippen LogP contribution in [0.4, 0.5) is 0 Å². The molecule has 0 aliphatic carbocycles. The largest absolute Gasteiger partial charge is 0.391 e. The predicted octanol–water partition coefficient (Wildman–Crippen LogP) is 2.90. The van der Waals surface area contributed by atoms with E-state index in [1.807, 2.05) is 32.0 Å². The van der Waals surface area contributed by atoms with E-state index in [9.17, 15) is 9.90 Å². The average Bonchev–Trinajstić information content (AvgIpc) is 2.38. The van der Waals surface area contributed by atoms with Crippen LogP contribution < -0.4 is 5.32 Å². The van der Waals surface area contributed by atoms with Crippen LogP contribution >= 0.6 is 15.9 Å². The van der Waals surface area contributed by atoms with E-state index >= 15 is 0 Å². The molecule has 3 nitrogen and oxygen atoms in total. The maximum atomic E-state index is 11.6. The van der Waals surface area contributed by atoms with Gasteiger partial charge in [0.1, 0.15) is 0 Å². The molecule has 19 heavy (non-hydrogen) atoms. The molecule has 0 saturated carbocycles. The first-order valence-corrected chi connectivity index (χ1v) is 7.48. The summed E-state index contributed by atoms with van der Waals surface area (Å²) in [5.41, 5.74) is 1.22. The zero-order valence-electron chi connectivity index (χ0n) is 11.5. The van der Waals surface area contributed by atoms with Gasteiger partial charge in [0.25, 0.3) is 0 Å². The molecule has 4 heteroatoms. The zero-order valence-corrected chi connectivity index (χ0v) is 13.1. The van der Waals surface area contributed by atoms with Gasteiger partial charge in [-0.2, -0.15) is 0 Å². The highest BCUT2D eigenvalue weighted by Gasteiger charge is 2.10. The fraction of sp³-hybridized carbons (Fsp3) is 0.533. The summed E-state index contributed by atoms with van der Waals surface area (Å²) in [4.78, 5) is 11.6. The minimum Gasteiger partial charge on any atom is -0.391 e. The zero-order chi connectivity index (χ0) is 14.3. The molecule has 0 aliphatic rings. The number of hydrogen-bond acceptors (Lipinski definition) is 2. The number of aliphatic hydroxyl groups excluding tert-OH is 1. The van der Waals surface area contributed by atoms with E-state index < -0.39 is 6.10 Å². The van der Waals surface area contributed by atoms with Gasteiger partial charge in [-0.1, -0.05) is 48.0 Å². The predicted molar refractivity (Wildman–Crippen MR) is 80.9 cm³/mol. The van der Waals surface area contributed by atoms with E-state index in [0.717, 1.165) is 17.3 Å². The fourth-order valence-corrected chi connectivity index (χ4v) is 2.17. The second-order valence-electron chi connectivity index (χ2n) is 5.06. The highest BCUT2D eigenvalue weighted by atomic mass is 79.9. The molecule has 0 bridgehead atoms. The Bertz CT molecular complexity index is 407. The third-order valence-corrected chi connectivity index (χ3v) is 3.86. The second-order valence-corrected chi connectivity index (χ2v) is 5.91. The van der Waals surface area contributed by atoms with Crippen molar-refractivity contribution in [1.29, 1.82) is 0 Å². The van der Waals surface area contributed by atoms with E-state index in [0.29, 0.717) is 13.0 Å². The average molecular weight is 328 g/mol. The SMILES string of the molecule is CC(C)C(O)CNC(=O)CCCc1ccccc1Br. The lowest BCUT2D eigenvalue weighted by atomic mass is 10.1. The maximum absolute atomic E-state index is 11.6. The van der Waals surface area contributed by atoms with E-state index in [4.69, 9.17) is 0 Å². The molecule has 0 saturated heterocycles. The number of hydrogen-bond donors (Lipinski definition) is 2. The molecule has 1 rings (SSSR count). The summed E-state index contributed by atoms with van der Waals surface area (Å²) < 4.78 is 1.09. The van der Waals surface area contributed by atoms with Gasteiger partial charge in [0.15, 0.2) is 0 Å². The van der Waals surface area contributed by atoms with Gasteiger partial charge in [-0.25, -0.2) is 0 Å². The van der Waals surface area contributed by atoms with Gasteiger partial charge in [-0.05, 0) is 30.4 Å². The first-order valence-electron chi connectivity index (χ1n) is 6.69. The lowest BCUT2D eigenvalue weighted by Gasteiger charge is -2.15. The number of carbonyl (C=O) groups is 1. The summed E-state index contributed by atoms with van der Waals surface area (Å²) in [5, 5.41) is 12.4. The summed E-state index contributed by atoms with van der Waals surface area (Å²) in [6.07, 6.45) is 1.71. The number of aryl methyl sites for hydroxylation is 1. The van der Waals surface area contributed by atoms with Gasteiger partial charge in [0.2, 0.25) is 5.91 Å². The van der Waals surface area contributed by atoms with Crippen molar-refractivity contribution in [3.63, 3.8) is 0 Å². The molecule has 0 aliphatic heterocycles. The highest BCUT2D eigenvalue weighted by Crippen LogP contribution is 2.17. The van der Waals surface area contributed by atoms with Gasteiger partial charge >= 0.3 is 0 Å². The smallest absolute Gasteiger partial charge is 0.220 e. The Kier molecular flexibility index (Phi) is 7.10. The van der Waals surface area contributed by atoms with Gasteiger partial charge in [-0.15, -0.1) is 0 Å². The van der Waals surface area contributed by atoms with Crippen LogP contribution in [0, 0.1) is 5.92 Å². The lowest BCUT2D eigenvalue weighted by molar-refractivity contribution is -0.121. The third kappa shape index (κ3) is 6.21. The lowest BCUT2D eigenvalue weighted by Crippen LogP contribution is -2.34. The number of aliphatic hydroxyl groups is 1. The van der Waals surface area contributed by atoms with Crippen molar-refractivity contribution in [2.75, 3.05) is 6.54 Å². The summed E-state index contributed by atoms with van der Waals surface area (Å²) >= 11 is 3.50. The molecule has 0 fully saturated rings. The Morgan fingerprint density at radius 2 is 2.05 bits per heavy atom. The van der Waals surface area contributed by atoms with Crippen LogP contribution in [0.15, 0.2) is 28.7 Å². The van der Waals surface area contributed by atoms with E-state index in [1.165, 1.54) is 5.56 Å². The molecule has 106 valence electrons. The van der Waals surface area contributed by atoms with Gasteiger partial charge < -0.3 is 10.4 Å². The van der Waals surface area contributed by atoms with Crippen LogP contribution in [0.5, 0.6) is 0 Å². The molecule has 0 radical (unpaired) electrons. The van der Waals surface area contributed by atoms with E-state index in [2.05, 4.69) is 27.3 Å². The minimum absolute atomic E-state index is 0.00625. The Morgan fingerprint density at radius 1 is 1.37 bits per heavy atom. The van der Waals surface area contributed by atoms with Crippen molar-refractivity contribution in [3.05, 3.63) is 34.3 Å². The van der Waals surface area contributed by atoms with Crippen LogP contribution in [0.2, 0.25) is 0 Å². The quantitative estimate of drug-likeness (QED) is 0.809.